The summed E-state index contributed by atoms with van der Waals surface area (Å²) in [6, 6.07) is 51.5. The lowest BCUT2D eigenvalue weighted by Crippen LogP contribution is -2.63. The summed E-state index contributed by atoms with van der Waals surface area (Å²) in [6.07, 6.45) is 17.0. The summed E-state index contributed by atoms with van der Waals surface area (Å²) >= 11 is 0. The molecule has 3 amide bonds. The molecular formula is C76H101N3O7. The standard InChI is InChI=1S/C76H101N3O7/c1-5-6-7-8-9-25-45-77(53-59-27-15-10-16-28-59)71(81)40-37-58(2)66-38-39-67-74-68(52-70(76(66,67)4)86-49-43-73(83)79(56-62-33-21-13-22-34-62)57-63-35-23-14-24-36-63)75(3)44-41-65(50-64(75)51-69(74)85-47-26-46-80)84-48-42-72(82)78(54-60-29-17-11-18-30-60)55-61-31-19-12-20-32-61/h10-24,27-36,46,58,64-70,74H,5-9,25-26,37-45,47-57H2,1-4H3/t58?,64?,65-,66-,67+,68+,69-,70+,74?,75+,76-/m1/s1. The molecule has 462 valence electrons. The second kappa shape index (κ2) is 32.3. The van der Waals surface area contributed by atoms with Gasteiger partial charge in [0.05, 0.1) is 51.0 Å². The Balaban J connectivity index is 0.931. The fourth-order valence-corrected chi connectivity index (χ4v) is 16.4. The Kier molecular flexibility index (Phi) is 24.3. The van der Waals surface area contributed by atoms with E-state index in [1.54, 1.807) is 0 Å². The Morgan fingerprint density at radius 2 is 1.01 bits per heavy atom. The van der Waals surface area contributed by atoms with Crippen LogP contribution in [0.4, 0.5) is 0 Å². The minimum absolute atomic E-state index is 0.0116. The molecule has 3 unspecified atom stereocenters. The molecule has 0 aliphatic heterocycles. The van der Waals surface area contributed by atoms with Crippen molar-refractivity contribution >= 4 is 24.0 Å². The summed E-state index contributed by atoms with van der Waals surface area (Å²) in [6.45, 7) is 14.4. The average molecular weight is 1170 g/mol. The van der Waals surface area contributed by atoms with Crippen molar-refractivity contribution < 1.29 is 33.4 Å². The van der Waals surface area contributed by atoms with Crippen LogP contribution in [0, 0.1) is 46.3 Å². The van der Waals surface area contributed by atoms with Gasteiger partial charge < -0.3 is 33.7 Å². The molecule has 4 fully saturated rings. The number of ether oxygens (including phenoxy) is 3. The van der Waals surface area contributed by atoms with E-state index in [0.717, 1.165) is 99.3 Å². The molecule has 4 saturated carbocycles. The summed E-state index contributed by atoms with van der Waals surface area (Å²) in [4.78, 5) is 61.2. The second-order valence-electron chi connectivity index (χ2n) is 26.5. The summed E-state index contributed by atoms with van der Waals surface area (Å²) in [5, 5.41) is 0. The van der Waals surface area contributed by atoms with E-state index < -0.39 is 0 Å². The first kappa shape index (κ1) is 64.5. The van der Waals surface area contributed by atoms with Crippen LogP contribution >= 0.6 is 0 Å². The summed E-state index contributed by atoms with van der Waals surface area (Å²) < 4.78 is 21.3. The lowest BCUT2D eigenvalue weighted by atomic mass is 9.43. The SMILES string of the molecule is CCCCCCCCN(Cc1ccccc1)C(=O)CCC(C)[C@H]1CC[C@H]2C3[C@H](OCCC=O)CC4C[C@H](OCCC(=O)N(Cc5ccccc5)Cc5ccccc5)CC[C@]4(C)[C@H]3C[C@H](OCCC(=O)N(Cc3ccccc3)Cc3ccccc3)[C@]12C. The number of amides is 3. The molecule has 0 bridgehead atoms. The molecular weight excluding hydrogens is 1070 g/mol. The van der Waals surface area contributed by atoms with Crippen LogP contribution in [0.2, 0.25) is 0 Å². The highest BCUT2D eigenvalue weighted by Gasteiger charge is 2.66. The number of carbonyl (C=O) groups excluding carboxylic acids is 4. The fourth-order valence-electron chi connectivity index (χ4n) is 16.4. The molecule has 0 aromatic heterocycles. The molecule has 0 saturated heterocycles. The van der Waals surface area contributed by atoms with Crippen molar-refractivity contribution in [1.82, 2.24) is 14.7 Å². The van der Waals surface area contributed by atoms with Gasteiger partial charge in [-0.25, -0.2) is 0 Å². The van der Waals surface area contributed by atoms with E-state index in [2.05, 4.69) is 105 Å². The van der Waals surface area contributed by atoms with E-state index in [1.165, 1.54) is 31.2 Å². The summed E-state index contributed by atoms with van der Waals surface area (Å²) in [5.74, 6) is 2.17. The van der Waals surface area contributed by atoms with Gasteiger partial charge >= 0.3 is 0 Å². The molecule has 4 aliphatic rings. The van der Waals surface area contributed by atoms with Crippen LogP contribution in [0.25, 0.3) is 0 Å². The topological polar surface area (TPSA) is 106 Å². The number of unbranched alkanes of at least 4 members (excludes halogenated alkanes) is 5. The van der Waals surface area contributed by atoms with E-state index in [1.807, 2.05) is 88.7 Å². The Hall–Kier alpha value is -5.94. The highest BCUT2D eigenvalue weighted by molar-refractivity contribution is 5.77. The number of benzene rings is 5. The normalized spacial score (nSPS) is 25.3. The van der Waals surface area contributed by atoms with Gasteiger partial charge in [-0.3, -0.25) is 14.4 Å². The van der Waals surface area contributed by atoms with Crippen molar-refractivity contribution in [3.8, 4) is 0 Å². The Labute approximate surface area is 516 Å². The van der Waals surface area contributed by atoms with Crippen LogP contribution < -0.4 is 0 Å². The monoisotopic (exact) mass is 1170 g/mol. The van der Waals surface area contributed by atoms with Crippen LogP contribution in [0.1, 0.15) is 171 Å². The number of nitrogens with zero attached hydrogens (tertiary/aromatic N) is 3. The fraction of sp³-hybridized carbons (Fsp3) is 0.553. The summed E-state index contributed by atoms with van der Waals surface area (Å²) in [5.41, 5.74) is 5.33. The van der Waals surface area contributed by atoms with E-state index in [-0.39, 0.29) is 65.1 Å². The lowest BCUT2D eigenvalue weighted by molar-refractivity contribution is -0.227. The van der Waals surface area contributed by atoms with Crippen LogP contribution in [0.15, 0.2) is 152 Å². The van der Waals surface area contributed by atoms with Gasteiger partial charge in [0.1, 0.15) is 6.29 Å². The molecule has 0 heterocycles. The Morgan fingerprint density at radius 1 is 0.535 bits per heavy atom. The first-order chi connectivity index (χ1) is 42.0. The molecule has 5 aromatic carbocycles. The number of hydrogen-bond donors (Lipinski definition) is 0. The minimum Gasteiger partial charge on any atom is -0.378 e. The average Bonchev–Trinajstić information content (AvgIpc) is 1.30. The highest BCUT2D eigenvalue weighted by atomic mass is 16.5. The summed E-state index contributed by atoms with van der Waals surface area (Å²) in [7, 11) is 0. The smallest absolute Gasteiger partial charge is 0.225 e. The van der Waals surface area contributed by atoms with Crippen LogP contribution in [-0.4, -0.2) is 83.4 Å². The zero-order valence-electron chi connectivity index (χ0n) is 52.5. The molecule has 0 spiro atoms. The molecule has 5 aromatic rings. The van der Waals surface area contributed by atoms with E-state index in [9.17, 15) is 19.2 Å². The zero-order valence-corrected chi connectivity index (χ0v) is 52.5. The van der Waals surface area contributed by atoms with Gasteiger partial charge in [0, 0.05) is 57.5 Å². The van der Waals surface area contributed by atoms with Crippen LogP contribution in [0.5, 0.6) is 0 Å². The van der Waals surface area contributed by atoms with Crippen molar-refractivity contribution in [3.05, 3.63) is 179 Å². The van der Waals surface area contributed by atoms with E-state index in [0.29, 0.717) is 95.5 Å². The minimum atomic E-state index is -0.236. The molecule has 86 heavy (non-hydrogen) atoms. The third kappa shape index (κ3) is 17.0. The zero-order chi connectivity index (χ0) is 60.1. The Bertz CT molecular complexity index is 2740. The molecule has 0 N–H and O–H groups in total. The van der Waals surface area contributed by atoms with Gasteiger partial charge in [-0.1, -0.05) is 211 Å². The van der Waals surface area contributed by atoms with Crippen molar-refractivity contribution in [2.45, 2.75) is 194 Å². The molecule has 10 nitrogen and oxygen atoms in total. The van der Waals surface area contributed by atoms with Crippen molar-refractivity contribution in [3.63, 3.8) is 0 Å². The van der Waals surface area contributed by atoms with Crippen LogP contribution in [-0.2, 0) is 66.1 Å². The van der Waals surface area contributed by atoms with Crippen LogP contribution in [0.3, 0.4) is 0 Å². The maximum Gasteiger partial charge on any atom is 0.225 e. The second-order valence-corrected chi connectivity index (χ2v) is 26.5. The number of rotatable bonds is 33. The largest absolute Gasteiger partial charge is 0.378 e. The van der Waals surface area contributed by atoms with Gasteiger partial charge in [0.25, 0.3) is 0 Å². The highest BCUT2D eigenvalue weighted by Crippen LogP contribution is 2.69. The van der Waals surface area contributed by atoms with Crippen molar-refractivity contribution in [2.75, 3.05) is 26.4 Å². The van der Waals surface area contributed by atoms with E-state index in [4.69, 9.17) is 14.2 Å². The Morgan fingerprint density at radius 3 is 1.52 bits per heavy atom. The third-order valence-corrected chi connectivity index (χ3v) is 21.0. The molecule has 0 radical (unpaired) electrons. The van der Waals surface area contributed by atoms with Gasteiger partial charge in [0.2, 0.25) is 17.7 Å². The van der Waals surface area contributed by atoms with Crippen molar-refractivity contribution in [1.29, 1.82) is 0 Å². The molecule has 4 aliphatic carbocycles. The first-order valence-corrected chi connectivity index (χ1v) is 33.3. The predicted molar refractivity (Wildman–Crippen MR) is 343 cm³/mol. The van der Waals surface area contributed by atoms with Crippen molar-refractivity contribution in [2.24, 2.45) is 46.3 Å². The number of fused-ring (bicyclic) bond motifs is 5. The van der Waals surface area contributed by atoms with Gasteiger partial charge in [-0.2, -0.15) is 0 Å². The predicted octanol–water partition coefficient (Wildman–Crippen LogP) is 15.7. The lowest BCUT2D eigenvalue weighted by Gasteiger charge is -2.64. The molecule has 11 atom stereocenters. The van der Waals surface area contributed by atoms with Gasteiger partial charge in [0.15, 0.2) is 0 Å². The maximum atomic E-state index is 14.6. The van der Waals surface area contributed by atoms with E-state index >= 15 is 0 Å². The first-order valence-electron chi connectivity index (χ1n) is 33.3. The quantitative estimate of drug-likeness (QED) is 0.0304. The molecule has 10 heteroatoms. The number of aldehydes is 1. The number of carbonyl (C=O) groups is 4. The molecule has 9 rings (SSSR count). The maximum absolute atomic E-state index is 14.6. The van der Waals surface area contributed by atoms with Gasteiger partial charge in [-0.15, -0.1) is 0 Å². The number of hydrogen-bond acceptors (Lipinski definition) is 7. The third-order valence-electron chi connectivity index (χ3n) is 21.0. The van der Waals surface area contributed by atoms with Gasteiger partial charge in [-0.05, 0) is 127 Å².